The van der Waals surface area contributed by atoms with Crippen molar-refractivity contribution in [3.05, 3.63) is 21.9 Å². The Morgan fingerprint density at radius 1 is 1.23 bits per heavy atom. The molecule has 2 heteroatoms. The van der Waals surface area contributed by atoms with Crippen molar-refractivity contribution in [1.82, 2.24) is 4.90 Å². The number of unbranched alkanes of at least 4 members (excludes halogenated alkanes) is 2. The fourth-order valence-electron chi connectivity index (χ4n) is 4.52. The van der Waals surface area contributed by atoms with E-state index in [9.17, 15) is 0 Å². The Labute approximate surface area is 141 Å². The fraction of sp³-hybridized carbons (Fsp3) is 0.800. The summed E-state index contributed by atoms with van der Waals surface area (Å²) in [5.41, 5.74) is 2.25. The topological polar surface area (TPSA) is 3.24 Å². The third-order valence-corrected chi connectivity index (χ3v) is 6.68. The van der Waals surface area contributed by atoms with Crippen LogP contribution in [0.1, 0.15) is 81.6 Å². The molecule has 0 amide bonds. The van der Waals surface area contributed by atoms with E-state index in [1.807, 2.05) is 11.3 Å². The van der Waals surface area contributed by atoms with Crippen LogP contribution in [-0.2, 0) is 6.42 Å². The lowest BCUT2D eigenvalue weighted by Crippen LogP contribution is -2.40. The first-order valence-electron chi connectivity index (χ1n) is 9.43. The summed E-state index contributed by atoms with van der Waals surface area (Å²) in [5.74, 6) is 0.879. The number of hydrogen-bond acceptors (Lipinski definition) is 2. The first-order chi connectivity index (χ1) is 10.6. The van der Waals surface area contributed by atoms with Crippen molar-refractivity contribution in [1.29, 1.82) is 0 Å². The molecule has 22 heavy (non-hydrogen) atoms. The first kappa shape index (κ1) is 16.5. The van der Waals surface area contributed by atoms with Gasteiger partial charge in [-0.2, -0.15) is 0 Å². The molecule has 1 aliphatic heterocycles. The number of likely N-dealkylation sites (tertiary alicyclic amines) is 1. The van der Waals surface area contributed by atoms with E-state index < -0.39 is 0 Å². The molecule has 1 atom stereocenters. The highest BCUT2D eigenvalue weighted by Crippen LogP contribution is 2.37. The molecule has 3 rings (SSSR count). The molecular formula is C20H33NS. The average Bonchev–Trinajstić information content (AvgIpc) is 2.95. The van der Waals surface area contributed by atoms with Crippen molar-refractivity contribution in [3.63, 3.8) is 0 Å². The molecule has 1 aromatic rings. The second-order valence-electron chi connectivity index (χ2n) is 8.28. The zero-order valence-electron chi connectivity index (χ0n) is 14.6. The van der Waals surface area contributed by atoms with Crippen LogP contribution in [0.3, 0.4) is 0 Å². The third-order valence-electron chi connectivity index (χ3n) is 5.68. The van der Waals surface area contributed by atoms with E-state index in [4.69, 9.17) is 0 Å². The summed E-state index contributed by atoms with van der Waals surface area (Å²) in [6, 6.07) is 2.40. The van der Waals surface area contributed by atoms with Gasteiger partial charge in [0, 0.05) is 11.4 Å². The van der Waals surface area contributed by atoms with Crippen molar-refractivity contribution >= 4 is 11.3 Å². The number of aryl methyl sites for hydroxylation is 1. The van der Waals surface area contributed by atoms with Gasteiger partial charge in [0.2, 0.25) is 0 Å². The van der Waals surface area contributed by atoms with Gasteiger partial charge in [0.1, 0.15) is 0 Å². The maximum absolute atomic E-state index is 2.71. The van der Waals surface area contributed by atoms with Gasteiger partial charge in [0.15, 0.2) is 0 Å². The minimum atomic E-state index is 0.551. The van der Waals surface area contributed by atoms with Gasteiger partial charge in [-0.1, -0.05) is 26.7 Å². The molecule has 0 spiro atoms. The van der Waals surface area contributed by atoms with Crippen LogP contribution in [-0.4, -0.2) is 24.5 Å². The van der Waals surface area contributed by atoms with E-state index in [1.54, 1.807) is 10.4 Å². The van der Waals surface area contributed by atoms with Crippen LogP contribution in [0.25, 0.3) is 0 Å². The highest BCUT2D eigenvalue weighted by Gasteiger charge is 2.25. The molecule has 0 aromatic carbocycles. The quantitative estimate of drug-likeness (QED) is 0.594. The molecule has 1 fully saturated rings. The van der Waals surface area contributed by atoms with Gasteiger partial charge >= 0.3 is 0 Å². The summed E-state index contributed by atoms with van der Waals surface area (Å²) >= 11 is 1.98. The molecule has 1 unspecified atom stereocenters. The molecule has 1 aromatic heterocycles. The minimum Gasteiger partial charge on any atom is -0.303 e. The number of rotatable bonds is 6. The number of thiophene rings is 1. The van der Waals surface area contributed by atoms with Crippen LogP contribution in [0, 0.1) is 5.41 Å². The summed E-state index contributed by atoms with van der Waals surface area (Å²) in [6.45, 7) is 8.84. The van der Waals surface area contributed by atoms with Crippen molar-refractivity contribution in [3.8, 4) is 0 Å². The molecule has 1 aliphatic carbocycles. The molecule has 0 bridgehead atoms. The molecule has 0 N–H and O–H groups in total. The van der Waals surface area contributed by atoms with E-state index in [-0.39, 0.29) is 0 Å². The SMILES string of the molecule is CC1(C)CCCN(CCCCCC2CCCc3sccc32)C1. The predicted octanol–water partition coefficient (Wildman–Crippen LogP) is 5.85. The second kappa shape index (κ2) is 7.49. The number of piperidine rings is 1. The van der Waals surface area contributed by atoms with Crippen molar-refractivity contribution < 1.29 is 0 Å². The van der Waals surface area contributed by atoms with Gasteiger partial charge in [-0.3, -0.25) is 0 Å². The normalized spacial score (nSPS) is 25.1. The van der Waals surface area contributed by atoms with Crippen molar-refractivity contribution in [2.45, 2.75) is 77.6 Å². The maximum atomic E-state index is 2.71. The minimum absolute atomic E-state index is 0.551. The van der Waals surface area contributed by atoms with Crippen LogP contribution in [0.5, 0.6) is 0 Å². The predicted molar refractivity (Wildman–Crippen MR) is 97.9 cm³/mol. The first-order valence-corrected chi connectivity index (χ1v) is 10.3. The molecule has 0 saturated carbocycles. The van der Waals surface area contributed by atoms with E-state index in [2.05, 4.69) is 30.2 Å². The number of hydrogen-bond donors (Lipinski definition) is 0. The summed E-state index contributed by atoms with van der Waals surface area (Å²) < 4.78 is 0. The van der Waals surface area contributed by atoms with Crippen molar-refractivity contribution in [2.24, 2.45) is 5.41 Å². The molecule has 1 saturated heterocycles. The average molecular weight is 320 g/mol. The van der Waals surface area contributed by atoms with E-state index in [0.29, 0.717) is 5.41 Å². The Bertz CT molecular complexity index is 462. The van der Waals surface area contributed by atoms with Crippen LogP contribution in [0.15, 0.2) is 11.4 Å². The maximum Gasteiger partial charge on any atom is 0.00800 e. The highest BCUT2D eigenvalue weighted by atomic mass is 32.1. The Balaban J connectivity index is 1.33. The van der Waals surface area contributed by atoms with Gasteiger partial charge in [-0.05, 0) is 86.4 Å². The zero-order chi connectivity index (χ0) is 15.4. The lowest BCUT2D eigenvalue weighted by atomic mass is 9.83. The van der Waals surface area contributed by atoms with Crippen LogP contribution in [0.2, 0.25) is 0 Å². The highest BCUT2D eigenvalue weighted by molar-refractivity contribution is 7.10. The molecule has 2 aliphatic rings. The van der Waals surface area contributed by atoms with Crippen LogP contribution >= 0.6 is 11.3 Å². The summed E-state index contributed by atoms with van der Waals surface area (Å²) in [5, 5.41) is 2.31. The molecule has 0 radical (unpaired) electrons. The molecule has 1 nitrogen and oxygen atoms in total. The summed E-state index contributed by atoms with van der Waals surface area (Å²) in [6.07, 6.45) is 12.7. The smallest absolute Gasteiger partial charge is 0.00800 e. The van der Waals surface area contributed by atoms with Gasteiger partial charge in [-0.15, -0.1) is 11.3 Å². The fourth-order valence-corrected chi connectivity index (χ4v) is 5.53. The summed E-state index contributed by atoms with van der Waals surface area (Å²) in [7, 11) is 0. The van der Waals surface area contributed by atoms with Gasteiger partial charge in [0.05, 0.1) is 0 Å². The van der Waals surface area contributed by atoms with Gasteiger partial charge in [-0.25, -0.2) is 0 Å². The Morgan fingerprint density at radius 3 is 3.00 bits per heavy atom. The Kier molecular flexibility index (Phi) is 5.62. The zero-order valence-corrected chi connectivity index (χ0v) is 15.4. The Hall–Kier alpha value is -0.340. The molecule has 2 heterocycles. The largest absolute Gasteiger partial charge is 0.303 e. The third kappa shape index (κ3) is 4.35. The van der Waals surface area contributed by atoms with E-state index in [0.717, 1.165) is 5.92 Å². The van der Waals surface area contributed by atoms with Crippen LogP contribution < -0.4 is 0 Å². The second-order valence-corrected chi connectivity index (χ2v) is 9.28. The lowest BCUT2D eigenvalue weighted by Gasteiger charge is -2.38. The van der Waals surface area contributed by atoms with Gasteiger partial charge in [0.25, 0.3) is 0 Å². The molecule has 124 valence electrons. The standard InChI is InChI=1S/C20H33NS/c1-20(2)12-7-14-21(16-20)13-5-3-4-8-17-9-6-10-19-18(17)11-15-22-19/h11,15,17H,3-10,12-14,16H2,1-2H3. The molecular weight excluding hydrogens is 286 g/mol. The van der Waals surface area contributed by atoms with Gasteiger partial charge < -0.3 is 4.90 Å². The lowest BCUT2D eigenvalue weighted by molar-refractivity contribution is 0.116. The monoisotopic (exact) mass is 319 g/mol. The number of nitrogens with zero attached hydrogens (tertiary/aromatic N) is 1. The number of fused-ring (bicyclic) bond motifs is 1. The van der Waals surface area contributed by atoms with Crippen molar-refractivity contribution in [2.75, 3.05) is 19.6 Å². The van der Waals surface area contributed by atoms with Crippen LogP contribution in [0.4, 0.5) is 0 Å². The Morgan fingerprint density at radius 2 is 2.14 bits per heavy atom. The van der Waals surface area contributed by atoms with E-state index >= 15 is 0 Å². The van der Waals surface area contributed by atoms with E-state index in [1.165, 1.54) is 77.4 Å². The summed E-state index contributed by atoms with van der Waals surface area (Å²) in [4.78, 5) is 4.40.